The van der Waals surface area contributed by atoms with E-state index in [1.54, 1.807) is 24.3 Å². The molecular formula is C20H26N2O4S2. The number of sulfone groups is 1. The van der Waals surface area contributed by atoms with Crippen molar-refractivity contribution in [2.24, 2.45) is 0 Å². The maximum Gasteiger partial charge on any atom is 0.261 e. The minimum Gasteiger partial charge on any atom is -0.497 e. The number of methoxy groups -OCH3 is 1. The predicted molar refractivity (Wildman–Crippen MR) is 111 cm³/mol. The summed E-state index contributed by atoms with van der Waals surface area (Å²) < 4.78 is 30.3. The van der Waals surface area contributed by atoms with Crippen molar-refractivity contribution in [3.8, 4) is 5.75 Å². The molecule has 1 amide bonds. The number of thiophene rings is 1. The fraction of sp³-hybridized carbons (Fsp3) is 0.450. The number of benzene rings is 1. The van der Waals surface area contributed by atoms with Gasteiger partial charge in [-0.15, -0.1) is 11.3 Å². The van der Waals surface area contributed by atoms with Crippen LogP contribution in [0.25, 0.3) is 0 Å². The van der Waals surface area contributed by atoms with Gasteiger partial charge in [-0.25, -0.2) is 8.42 Å². The molecule has 2 heterocycles. The second-order valence-corrected chi connectivity index (χ2v) is 10.4. The smallest absolute Gasteiger partial charge is 0.261 e. The van der Waals surface area contributed by atoms with Gasteiger partial charge in [0.2, 0.25) is 0 Å². The molecule has 0 unspecified atom stereocenters. The molecule has 1 N–H and O–H groups in total. The molecule has 8 heteroatoms. The lowest BCUT2D eigenvalue weighted by atomic mass is 10.1. The van der Waals surface area contributed by atoms with Gasteiger partial charge in [0.05, 0.1) is 22.6 Å². The van der Waals surface area contributed by atoms with Gasteiger partial charge in [0.15, 0.2) is 9.84 Å². The molecule has 0 bridgehead atoms. The average molecular weight is 423 g/mol. The van der Waals surface area contributed by atoms with E-state index >= 15 is 0 Å². The molecule has 1 aliphatic rings. The Morgan fingerprint density at radius 2 is 2.00 bits per heavy atom. The summed E-state index contributed by atoms with van der Waals surface area (Å²) in [6.45, 7) is 4.04. The topological polar surface area (TPSA) is 75.7 Å². The fourth-order valence-corrected chi connectivity index (χ4v) is 5.36. The lowest BCUT2D eigenvalue weighted by Gasteiger charge is -2.32. The Hall–Kier alpha value is -1.90. The van der Waals surface area contributed by atoms with E-state index in [0.717, 1.165) is 35.7 Å². The van der Waals surface area contributed by atoms with Crippen LogP contribution in [-0.4, -0.2) is 57.8 Å². The zero-order valence-electron chi connectivity index (χ0n) is 16.2. The number of rotatable bonds is 7. The standard InChI is InChI=1S/C20H26N2O4S2/c1-15-6-7-19(27-15)20(23)21-16-8-10-22(11-9-16)12-13-28(24,25)18-5-3-4-17(14-18)26-2/h3-7,14,16H,8-13H2,1-2H3,(H,21,23). The Balaban J connectivity index is 1.47. The SMILES string of the molecule is COc1cccc(S(=O)(=O)CCN2CCC(NC(=O)c3ccc(C)s3)CC2)c1. The molecule has 3 rings (SSSR count). The Labute approximate surface area is 170 Å². The maximum absolute atomic E-state index is 12.6. The normalized spacial score (nSPS) is 16.1. The van der Waals surface area contributed by atoms with Crippen molar-refractivity contribution in [1.29, 1.82) is 0 Å². The Morgan fingerprint density at radius 3 is 2.64 bits per heavy atom. The van der Waals surface area contributed by atoms with Crippen LogP contribution in [0, 0.1) is 6.92 Å². The minimum atomic E-state index is -3.35. The van der Waals surface area contributed by atoms with Crippen molar-refractivity contribution in [3.63, 3.8) is 0 Å². The molecule has 1 aromatic carbocycles. The van der Waals surface area contributed by atoms with E-state index in [2.05, 4.69) is 10.2 Å². The summed E-state index contributed by atoms with van der Waals surface area (Å²) in [5.41, 5.74) is 0. The van der Waals surface area contributed by atoms with Crippen molar-refractivity contribution < 1.29 is 17.9 Å². The van der Waals surface area contributed by atoms with Gasteiger partial charge in [-0.1, -0.05) is 6.07 Å². The number of amides is 1. The number of ether oxygens (including phenoxy) is 1. The summed E-state index contributed by atoms with van der Waals surface area (Å²) >= 11 is 1.50. The monoisotopic (exact) mass is 422 g/mol. The van der Waals surface area contributed by atoms with Crippen molar-refractivity contribution in [2.45, 2.75) is 30.7 Å². The second kappa shape index (κ2) is 9.07. The summed E-state index contributed by atoms with van der Waals surface area (Å²) in [5, 5.41) is 3.09. The molecule has 1 saturated heterocycles. The van der Waals surface area contributed by atoms with Crippen molar-refractivity contribution in [1.82, 2.24) is 10.2 Å². The zero-order valence-corrected chi connectivity index (χ0v) is 17.8. The highest BCUT2D eigenvalue weighted by molar-refractivity contribution is 7.91. The highest BCUT2D eigenvalue weighted by Gasteiger charge is 2.23. The number of nitrogens with one attached hydrogen (secondary N) is 1. The van der Waals surface area contributed by atoms with Gasteiger partial charge in [0.1, 0.15) is 5.75 Å². The van der Waals surface area contributed by atoms with Crippen LogP contribution in [0.5, 0.6) is 5.75 Å². The van der Waals surface area contributed by atoms with Crippen LogP contribution in [0.2, 0.25) is 0 Å². The van der Waals surface area contributed by atoms with Crippen molar-refractivity contribution in [2.75, 3.05) is 32.5 Å². The molecule has 0 spiro atoms. The van der Waals surface area contributed by atoms with E-state index in [4.69, 9.17) is 4.74 Å². The minimum absolute atomic E-state index is 0.0165. The number of carbonyl (C=O) groups excluding carboxylic acids is 1. The third kappa shape index (κ3) is 5.33. The zero-order chi connectivity index (χ0) is 20.1. The van der Waals surface area contributed by atoms with Crippen LogP contribution in [0.4, 0.5) is 0 Å². The fourth-order valence-electron chi connectivity index (χ4n) is 3.28. The van der Waals surface area contributed by atoms with Gasteiger partial charge in [-0.05, 0) is 50.1 Å². The van der Waals surface area contributed by atoms with Crippen LogP contribution >= 0.6 is 11.3 Å². The van der Waals surface area contributed by atoms with Gasteiger partial charge < -0.3 is 15.0 Å². The van der Waals surface area contributed by atoms with E-state index in [9.17, 15) is 13.2 Å². The molecule has 6 nitrogen and oxygen atoms in total. The van der Waals surface area contributed by atoms with Crippen LogP contribution in [0.1, 0.15) is 27.4 Å². The van der Waals surface area contributed by atoms with Gasteiger partial charge in [-0.2, -0.15) is 0 Å². The molecule has 2 aromatic rings. The third-order valence-electron chi connectivity index (χ3n) is 4.96. The quantitative estimate of drug-likeness (QED) is 0.743. The molecule has 28 heavy (non-hydrogen) atoms. The third-order valence-corrected chi connectivity index (χ3v) is 7.66. The molecule has 152 valence electrons. The Bertz CT molecular complexity index is 916. The van der Waals surface area contributed by atoms with Crippen molar-refractivity contribution >= 4 is 27.1 Å². The van der Waals surface area contributed by atoms with Crippen LogP contribution in [0.3, 0.4) is 0 Å². The summed E-state index contributed by atoms with van der Waals surface area (Å²) in [6.07, 6.45) is 1.66. The molecule has 1 fully saturated rings. The first kappa shape index (κ1) is 20.8. The number of piperidine rings is 1. The second-order valence-electron chi connectivity index (χ2n) is 7.00. The van der Waals surface area contributed by atoms with E-state index < -0.39 is 9.84 Å². The highest BCUT2D eigenvalue weighted by atomic mass is 32.2. The first-order chi connectivity index (χ1) is 13.4. The van der Waals surface area contributed by atoms with E-state index in [1.807, 2.05) is 19.1 Å². The predicted octanol–water partition coefficient (Wildman–Crippen LogP) is 2.73. The van der Waals surface area contributed by atoms with Crippen LogP contribution in [0.15, 0.2) is 41.3 Å². The number of aryl methyl sites for hydroxylation is 1. The molecule has 0 radical (unpaired) electrons. The maximum atomic E-state index is 12.6. The van der Waals surface area contributed by atoms with Gasteiger partial charge in [0, 0.05) is 30.6 Å². The number of likely N-dealkylation sites (tertiary alicyclic amines) is 1. The Kier molecular flexibility index (Phi) is 6.74. The van der Waals surface area contributed by atoms with E-state index in [-0.39, 0.29) is 17.7 Å². The molecule has 0 aliphatic carbocycles. The molecular weight excluding hydrogens is 396 g/mol. The number of nitrogens with zero attached hydrogens (tertiary/aromatic N) is 1. The summed E-state index contributed by atoms with van der Waals surface area (Å²) in [5.74, 6) is 0.599. The van der Waals surface area contributed by atoms with Crippen molar-refractivity contribution in [3.05, 3.63) is 46.2 Å². The van der Waals surface area contributed by atoms with Gasteiger partial charge in [-0.3, -0.25) is 4.79 Å². The average Bonchev–Trinajstić information content (AvgIpc) is 3.14. The summed E-state index contributed by atoms with van der Waals surface area (Å²) in [6, 6.07) is 10.5. The molecule has 1 aromatic heterocycles. The summed E-state index contributed by atoms with van der Waals surface area (Å²) in [4.78, 5) is 16.6. The highest BCUT2D eigenvalue weighted by Crippen LogP contribution is 2.20. The number of hydrogen-bond donors (Lipinski definition) is 1. The first-order valence-corrected chi connectivity index (χ1v) is 11.8. The summed E-state index contributed by atoms with van der Waals surface area (Å²) in [7, 11) is -1.83. The Morgan fingerprint density at radius 1 is 1.25 bits per heavy atom. The number of hydrogen-bond acceptors (Lipinski definition) is 6. The largest absolute Gasteiger partial charge is 0.497 e. The molecule has 0 atom stereocenters. The lowest BCUT2D eigenvalue weighted by molar-refractivity contribution is 0.0917. The van der Waals surface area contributed by atoms with Gasteiger partial charge in [0.25, 0.3) is 5.91 Å². The van der Waals surface area contributed by atoms with E-state index in [0.29, 0.717) is 17.2 Å². The van der Waals surface area contributed by atoms with Crippen LogP contribution in [-0.2, 0) is 9.84 Å². The van der Waals surface area contributed by atoms with Crippen LogP contribution < -0.4 is 10.1 Å². The number of carbonyl (C=O) groups is 1. The first-order valence-electron chi connectivity index (χ1n) is 9.34. The van der Waals surface area contributed by atoms with E-state index in [1.165, 1.54) is 18.4 Å². The van der Waals surface area contributed by atoms with Gasteiger partial charge >= 0.3 is 0 Å². The lowest BCUT2D eigenvalue weighted by Crippen LogP contribution is -2.45. The molecule has 1 aliphatic heterocycles. The molecule has 0 saturated carbocycles.